The molecule has 0 amide bonds. The van der Waals surface area contributed by atoms with Crippen molar-refractivity contribution in [3.05, 3.63) is 39.3 Å². The van der Waals surface area contributed by atoms with E-state index in [1.165, 1.54) is 15.3 Å². The summed E-state index contributed by atoms with van der Waals surface area (Å²) in [4.78, 5) is 28.4. The third-order valence-corrected chi connectivity index (χ3v) is 2.74. The van der Waals surface area contributed by atoms with Gasteiger partial charge in [-0.1, -0.05) is 0 Å². The van der Waals surface area contributed by atoms with E-state index >= 15 is 0 Å². The normalized spacial score (nSPS) is 12.0. The predicted octanol–water partition coefficient (Wildman–Crippen LogP) is 0.850. The van der Waals surface area contributed by atoms with Crippen LogP contribution < -0.4 is 11.2 Å². The molecule has 0 saturated heterocycles. The monoisotopic (exact) mass is 233 g/mol. The minimum atomic E-state index is -0.546. The fourth-order valence-electron chi connectivity index (χ4n) is 1.90. The maximum Gasteiger partial charge on any atom is 0.331 e. The molecule has 90 valence electrons. The molecule has 0 aliphatic heterocycles. The Morgan fingerprint density at radius 1 is 1.24 bits per heavy atom. The first-order chi connectivity index (χ1) is 7.84. The van der Waals surface area contributed by atoms with Gasteiger partial charge in [-0.2, -0.15) is 0 Å². The molecule has 5 heteroatoms. The molecule has 0 N–H and O–H groups in total. The average molecular weight is 233 g/mol. The van der Waals surface area contributed by atoms with Crippen LogP contribution in [0.5, 0.6) is 0 Å². The average Bonchev–Trinajstić information content (AvgIpc) is 2.24. The minimum Gasteiger partial charge on any atom is -0.296 e. The number of aryl methyl sites for hydroxylation is 1. The first kappa shape index (κ1) is 11.6. The highest BCUT2D eigenvalue weighted by Gasteiger charge is 2.21. The van der Waals surface area contributed by atoms with Crippen LogP contribution in [-0.2, 0) is 12.6 Å². The molecule has 2 heterocycles. The molecule has 0 aliphatic rings. The number of nitrogens with zero attached hydrogens (tertiary/aromatic N) is 3. The summed E-state index contributed by atoms with van der Waals surface area (Å²) in [6.07, 6.45) is 3.07. The van der Waals surface area contributed by atoms with Gasteiger partial charge in [-0.05, 0) is 26.8 Å². The van der Waals surface area contributed by atoms with Crippen LogP contribution in [0.25, 0.3) is 10.9 Å². The van der Waals surface area contributed by atoms with Gasteiger partial charge in [0.2, 0.25) is 0 Å². The summed E-state index contributed by atoms with van der Waals surface area (Å²) in [6.45, 7) is 5.49. The molecule has 0 radical (unpaired) electrons. The summed E-state index contributed by atoms with van der Waals surface area (Å²) in [5.41, 5.74) is -0.531. The van der Waals surface area contributed by atoms with E-state index in [1.807, 2.05) is 20.8 Å². The van der Waals surface area contributed by atoms with Gasteiger partial charge >= 0.3 is 5.69 Å². The predicted molar refractivity (Wildman–Crippen MR) is 66.2 cm³/mol. The van der Waals surface area contributed by atoms with Crippen LogP contribution in [0.15, 0.2) is 28.0 Å². The van der Waals surface area contributed by atoms with Gasteiger partial charge in [0.15, 0.2) is 0 Å². The van der Waals surface area contributed by atoms with E-state index in [9.17, 15) is 9.59 Å². The molecule has 5 nitrogen and oxygen atoms in total. The van der Waals surface area contributed by atoms with Crippen LogP contribution in [-0.4, -0.2) is 14.1 Å². The Balaban J connectivity index is 3.09. The smallest absolute Gasteiger partial charge is 0.296 e. The Bertz CT molecular complexity index is 689. The minimum absolute atomic E-state index is 0.288. The molecule has 0 unspecified atom stereocenters. The van der Waals surface area contributed by atoms with Crippen molar-refractivity contribution in [1.29, 1.82) is 0 Å². The summed E-state index contributed by atoms with van der Waals surface area (Å²) >= 11 is 0. The van der Waals surface area contributed by atoms with Crippen LogP contribution in [0, 0.1) is 0 Å². The highest BCUT2D eigenvalue weighted by Crippen LogP contribution is 2.10. The Morgan fingerprint density at radius 3 is 2.47 bits per heavy atom. The summed E-state index contributed by atoms with van der Waals surface area (Å²) in [6, 6.07) is 1.67. The Kier molecular flexibility index (Phi) is 2.41. The van der Waals surface area contributed by atoms with Crippen LogP contribution in [0.1, 0.15) is 20.8 Å². The number of aromatic nitrogens is 3. The number of pyridine rings is 1. The van der Waals surface area contributed by atoms with Gasteiger partial charge in [0.1, 0.15) is 0 Å². The summed E-state index contributed by atoms with van der Waals surface area (Å²) in [5.74, 6) is 0. The van der Waals surface area contributed by atoms with Crippen molar-refractivity contribution in [2.45, 2.75) is 26.3 Å². The first-order valence-electron chi connectivity index (χ1n) is 5.40. The van der Waals surface area contributed by atoms with Gasteiger partial charge in [0, 0.05) is 25.0 Å². The first-order valence-corrected chi connectivity index (χ1v) is 5.40. The molecule has 17 heavy (non-hydrogen) atoms. The van der Waals surface area contributed by atoms with Crippen molar-refractivity contribution in [2.24, 2.45) is 7.05 Å². The van der Waals surface area contributed by atoms with Gasteiger partial charge in [-0.3, -0.25) is 18.9 Å². The molecule has 0 aromatic carbocycles. The Hall–Kier alpha value is -1.91. The molecule has 0 atom stereocenters. The van der Waals surface area contributed by atoms with Crippen molar-refractivity contribution >= 4 is 10.9 Å². The summed E-state index contributed by atoms with van der Waals surface area (Å²) in [5, 5.41) is 0.463. The third kappa shape index (κ3) is 1.67. The van der Waals surface area contributed by atoms with Crippen molar-refractivity contribution in [3.63, 3.8) is 0 Å². The zero-order valence-corrected chi connectivity index (χ0v) is 10.4. The maximum atomic E-state index is 12.3. The molecular formula is C12H15N3O2. The number of rotatable bonds is 0. The van der Waals surface area contributed by atoms with Crippen molar-refractivity contribution < 1.29 is 0 Å². The van der Waals surface area contributed by atoms with E-state index in [0.29, 0.717) is 10.9 Å². The highest BCUT2D eigenvalue weighted by molar-refractivity contribution is 5.76. The summed E-state index contributed by atoms with van der Waals surface area (Å²) < 4.78 is 2.74. The molecule has 0 saturated carbocycles. The van der Waals surface area contributed by atoms with Crippen LogP contribution in [0.3, 0.4) is 0 Å². The van der Waals surface area contributed by atoms with Gasteiger partial charge in [0.25, 0.3) is 5.56 Å². The zero-order chi connectivity index (χ0) is 12.8. The lowest BCUT2D eigenvalue weighted by Crippen LogP contribution is -2.47. The molecular weight excluding hydrogens is 218 g/mol. The van der Waals surface area contributed by atoms with Crippen molar-refractivity contribution in [1.82, 2.24) is 14.1 Å². The fourth-order valence-corrected chi connectivity index (χ4v) is 1.90. The second kappa shape index (κ2) is 3.55. The highest BCUT2D eigenvalue weighted by atomic mass is 16.2. The van der Waals surface area contributed by atoms with Crippen molar-refractivity contribution in [3.8, 4) is 0 Å². The molecule has 2 aromatic rings. The van der Waals surface area contributed by atoms with E-state index in [0.717, 1.165) is 0 Å². The quantitative estimate of drug-likeness (QED) is 0.678. The van der Waals surface area contributed by atoms with E-state index in [2.05, 4.69) is 4.98 Å². The van der Waals surface area contributed by atoms with E-state index in [-0.39, 0.29) is 11.2 Å². The second-order valence-corrected chi connectivity index (χ2v) is 5.05. The Labute approximate surface area is 98.3 Å². The van der Waals surface area contributed by atoms with E-state index in [1.54, 1.807) is 19.3 Å². The van der Waals surface area contributed by atoms with Gasteiger partial charge in [0.05, 0.1) is 10.9 Å². The van der Waals surface area contributed by atoms with Gasteiger partial charge < -0.3 is 0 Å². The molecule has 2 rings (SSSR count). The number of fused-ring (bicyclic) bond motifs is 1. The topological polar surface area (TPSA) is 56.9 Å². The molecule has 0 spiro atoms. The number of hydrogen-bond acceptors (Lipinski definition) is 3. The summed E-state index contributed by atoms with van der Waals surface area (Å²) in [7, 11) is 1.66. The number of hydrogen-bond donors (Lipinski definition) is 0. The standard InChI is InChI=1S/C12H15N3O2/c1-12(2,3)15-10(16)8-7-13-6-5-9(8)14(4)11(15)17/h5-7H,1-4H3. The van der Waals surface area contributed by atoms with Crippen molar-refractivity contribution in [2.75, 3.05) is 0 Å². The fraction of sp³-hybridized carbons (Fsp3) is 0.417. The largest absolute Gasteiger partial charge is 0.331 e. The molecule has 0 aliphatic carbocycles. The molecule has 0 fully saturated rings. The molecule has 0 bridgehead atoms. The lowest BCUT2D eigenvalue weighted by atomic mass is 10.1. The van der Waals surface area contributed by atoms with E-state index in [4.69, 9.17) is 0 Å². The van der Waals surface area contributed by atoms with E-state index < -0.39 is 5.54 Å². The van der Waals surface area contributed by atoms with Crippen LogP contribution in [0.2, 0.25) is 0 Å². The lowest BCUT2D eigenvalue weighted by molar-refractivity contribution is 0.362. The van der Waals surface area contributed by atoms with Gasteiger partial charge in [-0.15, -0.1) is 0 Å². The van der Waals surface area contributed by atoms with Crippen LogP contribution in [0.4, 0.5) is 0 Å². The Morgan fingerprint density at radius 2 is 1.88 bits per heavy atom. The third-order valence-electron chi connectivity index (χ3n) is 2.74. The molecule has 2 aromatic heterocycles. The zero-order valence-electron chi connectivity index (χ0n) is 10.4. The van der Waals surface area contributed by atoms with Gasteiger partial charge in [-0.25, -0.2) is 4.79 Å². The van der Waals surface area contributed by atoms with Crippen LogP contribution >= 0.6 is 0 Å². The maximum absolute atomic E-state index is 12.3. The SMILES string of the molecule is Cn1c(=O)n(C(C)(C)C)c(=O)c2cnccc21. The lowest BCUT2D eigenvalue weighted by Gasteiger charge is -2.22. The second-order valence-electron chi connectivity index (χ2n) is 5.05.